The average molecular weight is 286 g/mol. The van der Waals surface area contributed by atoms with Crippen molar-refractivity contribution in [3.63, 3.8) is 0 Å². The highest BCUT2D eigenvalue weighted by atomic mass is 19.1. The number of nitrogens with zero attached hydrogens (tertiary/aromatic N) is 3. The summed E-state index contributed by atoms with van der Waals surface area (Å²) in [7, 11) is 0. The average Bonchev–Trinajstić information content (AvgIpc) is 2.90. The molecule has 3 rings (SSSR count). The summed E-state index contributed by atoms with van der Waals surface area (Å²) in [4.78, 5) is 22.4. The van der Waals surface area contributed by atoms with Gasteiger partial charge in [0.2, 0.25) is 0 Å². The number of benzene rings is 1. The van der Waals surface area contributed by atoms with Crippen LogP contribution >= 0.6 is 0 Å². The SMILES string of the molecule is CCNc1cncc(C(=O)N2CCc3ccc(F)cc32)n1. The van der Waals surface area contributed by atoms with Crippen LogP contribution in [0, 0.1) is 5.82 Å². The molecular formula is C15H15FN4O. The van der Waals surface area contributed by atoms with Gasteiger partial charge in [0.15, 0.2) is 0 Å². The Balaban J connectivity index is 1.90. The summed E-state index contributed by atoms with van der Waals surface area (Å²) < 4.78 is 13.4. The van der Waals surface area contributed by atoms with Crippen LogP contribution in [-0.2, 0) is 6.42 Å². The van der Waals surface area contributed by atoms with Gasteiger partial charge in [-0.25, -0.2) is 9.37 Å². The van der Waals surface area contributed by atoms with Crippen LogP contribution in [0.5, 0.6) is 0 Å². The van der Waals surface area contributed by atoms with Crippen molar-refractivity contribution >= 4 is 17.4 Å². The minimum Gasteiger partial charge on any atom is -0.369 e. The van der Waals surface area contributed by atoms with Crippen molar-refractivity contribution in [3.05, 3.63) is 47.7 Å². The Kier molecular flexibility index (Phi) is 3.51. The van der Waals surface area contributed by atoms with Crippen LogP contribution in [0.2, 0.25) is 0 Å². The second-order valence-electron chi connectivity index (χ2n) is 4.80. The summed E-state index contributed by atoms with van der Waals surface area (Å²) in [5, 5.41) is 3.02. The minimum absolute atomic E-state index is 0.255. The molecule has 0 unspecified atom stereocenters. The van der Waals surface area contributed by atoms with Gasteiger partial charge in [-0.15, -0.1) is 0 Å². The number of rotatable bonds is 3. The van der Waals surface area contributed by atoms with E-state index >= 15 is 0 Å². The third-order valence-corrected chi connectivity index (χ3v) is 3.40. The number of carbonyl (C=O) groups excluding carboxylic acids is 1. The molecule has 1 aromatic carbocycles. The number of amides is 1. The lowest BCUT2D eigenvalue weighted by molar-refractivity contribution is 0.0984. The van der Waals surface area contributed by atoms with E-state index in [-0.39, 0.29) is 17.4 Å². The Morgan fingerprint density at radius 2 is 2.29 bits per heavy atom. The molecule has 1 aliphatic rings. The van der Waals surface area contributed by atoms with E-state index in [0.717, 1.165) is 12.0 Å². The standard InChI is InChI=1S/C15H15FN4O/c1-2-18-14-9-17-8-12(19-14)15(21)20-6-5-10-3-4-11(16)7-13(10)20/h3-4,7-9H,2,5-6H2,1H3,(H,18,19). The quantitative estimate of drug-likeness (QED) is 0.940. The van der Waals surface area contributed by atoms with Crippen molar-refractivity contribution in [2.75, 3.05) is 23.3 Å². The van der Waals surface area contributed by atoms with Gasteiger partial charge in [-0.3, -0.25) is 9.78 Å². The van der Waals surface area contributed by atoms with Crippen LogP contribution in [-0.4, -0.2) is 29.0 Å². The molecule has 21 heavy (non-hydrogen) atoms. The van der Waals surface area contributed by atoms with Crippen molar-refractivity contribution in [2.45, 2.75) is 13.3 Å². The monoisotopic (exact) mass is 286 g/mol. The number of nitrogens with one attached hydrogen (secondary N) is 1. The molecule has 0 saturated carbocycles. The first-order valence-electron chi connectivity index (χ1n) is 6.85. The summed E-state index contributed by atoms with van der Waals surface area (Å²) >= 11 is 0. The van der Waals surface area contributed by atoms with Crippen LogP contribution in [0.15, 0.2) is 30.6 Å². The zero-order valence-corrected chi connectivity index (χ0v) is 11.6. The van der Waals surface area contributed by atoms with Crippen molar-refractivity contribution in [1.82, 2.24) is 9.97 Å². The summed E-state index contributed by atoms with van der Waals surface area (Å²) in [5.74, 6) is -0.0467. The molecule has 6 heteroatoms. The maximum Gasteiger partial charge on any atom is 0.278 e. The zero-order valence-electron chi connectivity index (χ0n) is 11.6. The molecule has 0 aliphatic carbocycles. The van der Waals surface area contributed by atoms with Crippen molar-refractivity contribution in [3.8, 4) is 0 Å². The van der Waals surface area contributed by atoms with Crippen LogP contribution in [0.1, 0.15) is 23.0 Å². The number of hydrogen-bond acceptors (Lipinski definition) is 4. The van der Waals surface area contributed by atoms with Gasteiger partial charge in [-0.1, -0.05) is 6.07 Å². The predicted molar refractivity (Wildman–Crippen MR) is 78.0 cm³/mol. The Labute approximate surface area is 121 Å². The summed E-state index contributed by atoms with van der Waals surface area (Å²) in [6.07, 6.45) is 3.72. The molecule has 0 bridgehead atoms. The van der Waals surface area contributed by atoms with Gasteiger partial charge in [0, 0.05) is 13.1 Å². The lowest BCUT2D eigenvalue weighted by atomic mass is 10.2. The number of anilines is 2. The van der Waals surface area contributed by atoms with Crippen LogP contribution < -0.4 is 10.2 Å². The second kappa shape index (κ2) is 5.47. The molecule has 5 nitrogen and oxygen atoms in total. The molecule has 0 radical (unpaired) electrons. The summed E-state index contributed by atoms with van der Waals surface area (Å²) in [6, 6.07) is 4.53. The number of fused-ring (bicyclic) bond motifs is 1. The Morgan fingerprint density at radius 1 is 1.43 bits per heavy atom. The fraction of sp³-hybridized carbons (Fsp3) is 0.267. The van der Waals surface area contributed by atoms with E-state index in [1.807, 2.05) is 6.92 Å². The molecule has 1 aromatic heterocycles. The lowest BCUT2D eigenvalue weighted by Gasteiger charge is -2.17. The first kappa shape index (κ1) is 13.5. The molecule has 1 amide bonds. The first-order chi connectivity index (χ1) is 10.2. The number of aromatic nitrogens is 2. The maximum absolute atomic E-state index is 13.4. The second-order valence-corrected chi connectivity index (χ2v) is 4.80. The van der Waals surface area contributed by atoms with E-state index in [1.165, 1.54) is 18.3 Å². The van der Waals surface area contributed by atoms with E-state index < -0.39 is 0 Å². The van der Waals surface area contributed by atoms with E-state index in [9.17, 15) is 9.18 Å². The van der Waals surface area contributed by atoms with Crippen LogP contribution in [0.3, 0.4) is 0 Å². The molecule has 2 heterocycles. The van der Waals surface area contributed by atoms with Gasteiger partial charge >= 0.3 is 0 Å². The Hall–Kier alpha value is -2.50. The van der Waals surface area contributed by atoms with Crippen molar-refractivity contribution in [1.29, 1.82) is 0 Å². The largest absolute Gasteiger partial charge is 0.369 e. The third kappa shape index (κ3) is 2.56. The summed E-state index contributed by atoms with van der Waals surface area (Å²) in [5.41, 5.74) is 1.85. The predicted octanol–water partition coefficient (Wildman–Crippen LogP) is 2.25. The fourth-order valence-corrected chi connectivity index (χ4v) is 2.44. The molecule has 2 aromatic rings. The normalized spacial score (nSPS) is 13.1. The van der Waals surface area contributed by atoms with Crippen molar-refractivity contribution in [2.24, 2.45) is 0 Å². The minimum atomic E-state index is -0.346. The van der Waals surface area contributed by atoms with Crippen molar-refractivity contribution < 1.29 is 9.18 Å². The summed E-state index contributed by atoms with van der Waals surface area (Å²) in [6.45, 7) is 3.17. The maximum atomic E-state index is 13.4. The molecule has 1 aliphatic heterocycles. The number of carbonyl (C=O) groups is 1. The number of hydrogen-bond donors (Lipinski definition) is 1. The van der Waals surface area contributed by atoms with Gasteiger partial charge in [-0.2, -0.15) is 0 Å². The molecule has 1 N–H and O–H groups in total. The smallest absolute Gasteiger partial charge is 0.278 e. The molecule has 0 fully saturated rings. The van der Waals surface area contributed by atoms with Gasteiger partial charge < -0.3 is 10.2 Å². The fourth-order valence-electron chi connectivity index (χ4n) is 2.44. The molecule has 0 saturated heterocycles. The van der Waals surface area contributed by atoms with Gasteiger partial charge in [0.1, 0.15) is 17.3 Å². The highest BCUT2D eigenvalue weighted by Gasteiger charge is 2.27. The topological polar surface area (TPSA) is 58.1 Å². The number of halogens is 1. The molecule has 0 spiro atoms. The first-order valence-corrected chi connectivity index (χ1v) is 6.85. The molecule has 0 atom stereocenters. The highest BCUT2D eigenvalue weighted by molar-refractivity contribution is 6.06. The van der Waals surface area contributed by atoms with E-state index in [2.05, 4.69) is 15.3 Å². The van der Waals surface area contributed by atoms with Crippen LogP contribution in [0.25, 0.3) is 0 Å². The van der Waals surface area contributed by atoms with E-state index in [0.29, 0.717) is 24.6 Å². The lowest BCUT2D eigenvalue weighted by Crippen LogP contribution is -2.30. The van der Waals surface area contributed by atoms with E-state index in [1.54, 1.807) is 17.2 Å². The van der Waals surface area contributed by atoms with Gasteiger partial charge in [0.25, 0.3) is 5.91 Å². The van der Waals surface area contributed by atoms with Gasteiger partial charge in [-0.05, 0) is 31.0 Å². The Morgan fingerprint density at radius 3 is 3.10 bits per heavy atom. The third-order valence-electron chi connectivity index (χ3n) is 3.40. The van der Waals surface area contributed by atoms with E-state index in [4.69, 9.17) is 0 Å². The Bertz CT molecular complexity index is 689. The zero-order chi connectivity index (χ0) is 14.8. The molecular weight excluding hydrogens is 271 g/mol. The van der Waals surface area contributed by atoms with Crippen LogP contribution in [0.4, 0.5) is 15.9 Å². The molecule has 108 valence electrons. The highest BCUT2D eigenvalue weighted by Crippen LogP contribution is 2.29. The van der Waals surface area contributed by atoms with Gasteiger partial charge in [0.05, 0.1) is 18.1 Å².